The van der Waals surface area contributed by atoms with Gasteiger partial charge in [0.15, 0.2) is 11.5 Å². The number of aromatic nitrogens is 1. The third-order valence-corrected chi connectivity index (χ3v) is 4.56. The Morgan fingerprint density at radius 2 is 2.15 bits per heavy atom. The van der Waals surface area contributed by atoms with E-state index in [2.05, 4.69) is 10.9 Å². The van der Waals surface area contributed by atoms with Gasteiger partial charge in [-0.2, -0.15) is 0 Å². The molecule has 3 aromatic rings. The lowest BCUT2D eigenvalue weighted by molar-refractivity contribution is -0.481. The van der Waals surface area contributed by atoms with Crippen LogP contribution >= 0.6 is 11.6 Å². The van der Waals surface area contributed by atoms with Gasteiger partial charge in [-0.3, -0.25) is 10.1 Å². The summed E-state index contributed by atoms with van der Waals surface area (Å²) in [7, 11) is 1.48. The molecular formula is C20H17ClN2O4. The zero-order valence-electron chi connectivity index (χ0n) is 14.6. The van der Waals surface area contributed by atoms with Gasteiger partial charge in [-0.25, -0.2) is 0 Å². The van der Waals surface area contributed by atoms with Crippen molar-refractivity contribution in [1.82, 2.24) is 4.98 Å². The summed E-state index contributed by atoms with van der Waals surface area (Å²) in [6, 6.07) is 11.0. The Kier molecular flexibility index (Phi) is 5.53. The fourth-order valence-electron chi connectivity index (χ4n) is 3.11. The molecule has 0 aliphatic carbocycles. The smallest absolute Gasteiger partial charge is 0.214 e. The van der Waals surface area contributed by atoms with E-state index in [1.807, 2.05) is 24.3 Å². The highest BCUT2D eigenvalue weighted by Gasteiger charge is 2.26. The van der Waals surface area contributed by atoms with Crippen LogP contribution in [0, 0.1) is 22.5 Å². The van der Waals surface area contributed by atoms with E-state index in [1.165, 1.54) is 7.11 Å². The molecule has 138 valence electrons. The lowest BCUT2D eigenvalue weighted by atomic mass is 9.90. The number of H-pyrrole nitrogens is 1. The van der Waals surface area contributed by atoms with Crippen LogP contribution in [0.1, 0.15) is 17.0 Å². The second-order valence-corrected chi connectivity index (χ2v) is 6.29. The van der Waals surface area contributed by atoms with Crippen LogP contribution < -0.4 is 9.47 Å². The number of terminal acetylenes is 1. The number of hydrogen-bond donors (Lipinski definition) is 1. The summed E-state index contributed by atoms with van der Waals surface area (Å²) in [5, 5.41) is 12.6. The maximum absolute atomic E-state index is 11.3. The van der Waals surface area contributed by atoms with Gasteiger partial charge in [0.1, 0.15) is 6.61 Å². The SMILES string of the molecule is C#CCOc1c(Cl)cc([C@@H](C[N+](=O)[O-])c2c[nH]c3ccccc23)cc1OC. The molecule has 1 N–H and O–H groups in total. The van der Waals surface area contributed by atoms with Crippen molar-refractivity contribution in [2.45, 2.75) is 5.92 Å². The zero-order valence-corrected chi connectivity index (χ0v) is 15.3. The van der Waals surface area contributed by atoms with Crippen LogP contribution in [0.4, 0.5) is 0 Å². The first-order valence-electron chi connectivity index (χ1n) is 8.16. The minimum atomic E-state index is -0.510. The summed E-state index contributed by atoms with van der Waals surface area (Å²) < 4.78 is 10.8. The molecule has 0 aliphatic rings. The molecule has 1 atom stereocenters. The van der Waals surface area contributed by atoms with Crippen molar-refractivity contribution in [1.29, 1.82) is 0 Å². The molecule has 0 aliphatic heterocycles. The molecule has 2 aromatic carbocycles. The average molecular weight is 385 g/mol. The molecule has 0 unspecified atom stereocenters. The molecule has 0 spiro atoms. The Morgan fingerprint density at radius 3 is 2.85 bits per heavy atom. The number of ether oxygens (including phenoxy) is 2. The molecule has 0 bridgehead atoms. The number of nitrogens with zero attached hydrogens (tertiary/aromatic N) is 1. The molecule has 0 fully saturated rings. The Morgan fingerprint density at radius 1 is 1.37 bits per heavy atom. The van der Waals surface area contributed by atoms with E-state index in [0.717, 1.165) is 16.5 Å². The summed E-state index contributed by atoms with van der Waals surface area (Å²) in [6.45, 7) is -0.248. The molecule has 3 rings (SSSR count). The first-order chi connectivity index (χ1) is 13.0. The molecular weight excluding hydrogens is 368 g/mol. The van der Waals surface area contributed by atoms with E-state index in [1.54, 1.807) is 18.3 Å². The van der Waals surface area contributed by atoms with Crippen LogP contribution in [0.2, 0.25) is 5.02 Å². The van der Waals surface area contributed by atoms with Crippen LogP contribution in [0.15, 0.2) is 42.6 Å². The van der Waals surface area contributed by atoms with Gasteiger partial charge in [0.2, 0.25) is 6.54 Å². The number of nitrogens with one attached hydrogen (secondary N) is 1. The fourth-order valence-corrected chi connectivity index (χ4v) is 3.38. The Labute approximate surface area is 161 Å². The highest BCUT2D eigenvalue weighted by Crippen LogP contribution is 2.41. The number of fused-ring (bicyclic) bond motifs is 1. The number of rotatable bonds is 7. The summed E-state index contributed by atoms with van der Waals surface area (Å²) in [5.74, 6) is 2.56. The van der Waals surface area contributed by atoms with Gasteiger partial charge >= 0.3 is 0 Å². The quantitative estimate of drug-likeness (QED) is 0.375. The summed E-state index contributed by atoms with van der Waals surface area (Å²) in [5.41, 5.74) is 2.39. The van der Waals surface area contributed by atoms with Crippen LogP contribution in [0.25, 0.3) is 10.9 Å². The number of methoxy groups -OCH3 is 1. The Balaban J connectivity index is 2.12. The molecule has 0 radical (unpaired) electrons. The lowest BCUT2D eigenvalue weighted by Gasteiger charge is -2.17. The summed E-state index contributed by atoms with van der Waals surface area (Å²) in [6.07, 6.45) is 7.02. The minimum Gasteiger partial charge on any atom is -0.493 e. The maximum Gasteiger partial charge on any atom is 0.214 e. The predicted molar refractivity (Wildman–Crippen MR) is 104 cm³/mol. The topological polar surface area (TPSA) is 77.4 Å². The first-order valence-corrected chi connectivity index (χ1v) is 8.54. The van der Waals surface area contributed by atoms with Crippen molar-refractivity contribution in [2.24, 2.45) is 0 Å². The molecule has 0 saturated heterocycles. The van der Waals surface area contributed by atoms with E-state index in [0.29, 0.717) is 17.1 Å². The number of benzene rings is 2. The van der Waals surface area contributed by atoms with Crippen molar-refractivity contribution in [2.75, 3.05) is 20.3 Å². The molecule has 0 saturated carbocycles. The van der Waals surface area contributed by atoms with E-state index in [-0.39, 0.29) is 23.1 Å². The highest BCUT2D eigenvalue weighted by atomic mass is 35.5. The summed E-state index contributed by atoms with van der Waals surface area (Å²) >= 11 is 6.36. The second-order valence-electron chi connectivity index (χ2n) is 5.88. The van der Waals surface area contributed by atoms with Gasteiger partial charge in [0.25, 0.3) is 0 Å². The van der Waals surface area contributed by atoms with E-state index in [9.17, 15) is 10.1 Å². The number of aromatic amines is 1. The number of nitro groups is 1. The van der Waals surface area contributed by atoms with Gasteiger partial charge in [-0.05, 0) is 29.3 Å². The van der Waals surface area contributed by atoms with Gasteiger partial charge in [0.05, 0.1) is 18.1 Å². The largest absolute Gasteiger partial charge is 0.493 e. The Bertz CT molecular complexity index is 1020. The second kappa shape index (κ2) is 8.02. The van der Waals surface area contributed by atoms with Crippen LogP contribution in [0.3, 0.4) is 0 Å². The Hall–Kier alpha value is -3.17. The highest BCUT2D eigenvalue weighted by molar-refractivity contribution is 6.32. The van der Waals surface area contributed by atoms with Crippen molar-refractivity contribution < 1.29 is 14.4 Å². The summed E-state index contributed by atoms with van der Waals surface area (Å²) in [4.78, 5) is 14.2. The minimum absolute atomic E-state index is 0.0379. The third kappa shape index (κ3) is 3.83. The number of hydrogen-bond acceptors (Lipinski definition) is 4. The first kappa shape index (κ1) is 18.6. The van der Waals surface area contributed by atoms with Crippen LogP contribution in [0.5, 0.6) is 11.5 Å². The molecule has 1 aromatic heterocycles. The van der Waals surface area contributed by atoms with Gasteiger partial charge < -0.3 is 14.5 Å². The zero-order chi connectivity index (χ0) is 19.4. The van der Waals surface area contributed by atoms with Crippen molar-refractivity contribution in [3.05, 3.63) is 68.9 Å². The normalized spacial score (nSPS) is 11.7. The van der Waals surface area contributed by atoms with Crippen molar-refractivity contribution in [3.63, 3.8) is 0 Å². The third-order valence-electron chi connectivity index (χ3n) is 4.28. The number of para-hydroxylation sites is 1. The van der Waals surface area contributed by atoms with E-state index in [4.69, 9.17) is 27.5 Å². The van der Waals surface area contributed by atoms with E-state index >= 15 is 0 Å². The molecule has 27 heavy (non-hydrogen) atoms. The van der Waals surface area contributed by atoms with Crippen LogP contribution in [-0.2, 0) is 0 Å². The number of halogens is 1. The molecule has 0 amide bonds. The van der Waals surface area contributed by atoms with Gasteiger partial charge in [0, 0.05) is 22.0 Å². The van der Waals surface area contributed by atoms with Gasteiger partial charge in [-0.1, -0.05) is 35.7 Å². The average Bonchev–Trinajstić information content (AvgIpc) is 3.08. The lowest BCUT2D eigenvalue weighted by Crippen LogP contribution is -2.14. The predicted octanol–water partition coefficient (Wildman–Crippen LogP) is 4.25. The maximum atomic E-state index is 11.3. The van der Waals surface area contributed by atoms with Crippen molar-refractivity contribution in [3.8, 4) is 23.8 Å². The van der Waals surface area contributed by atoms with Crippen molar-refractivity contribution >= 4 is 22.5 Å². The van der Waals surface area contributed by atoms with E-state index < -0.39 is 5.92 Å². The molecule has 7 heteroatoms. The standard InChI is InChI=1S/C20H17ClN2O4/c1-3-8-27-20-17(21)9-13(10-19(20)26-2)16(12-23(24)25)15-11-22-18-7-5-4-6-14(15)18/h1,4-7,9-11,16,22H,8,12H2,2H3/t16-/m1/s1. The molecule has 1 heterocycles. The fraction of sp³-hybridized carbons (Fsp3) is 0.200. The van der Waals surface area contributed by atoms with Gasteiger partial charge in [-0.15, -0.1) is 6.42 Å². The van der Waals surface area contributed by atoms with Crippen LogP contribution in [-0.4, -0.2) is 30.2 Å². The molecule has 6 nitrogen and oxygen atoms in total. The monoisotopic (exact) mass is 384 g/mol.